The molecule has 134 valence electrons. The predicted octanol–water partition coefficient (Wildman–Crippen LogP) is 5.23. The van der Waals surface area contributed by atoms with E-state index in [4.69, 9.17) is 10.1 Å². The van der Waals surface area contributed by atoms with Crippen LogP contribution in [0.1, 0.15) is 31.7 Å². The van der Waals surface area contributed by atoms with Gasteiger partial charge in [-0.1, -0.05) is 24.8 Å². The lowest BCUT2D eigenvalue weighted by molar-refractivity contribution is 0.0860. The third-order valence-electron chi connectivity index (χ3n) is 3.71. The quantitative estimate of drug-likeness (QED) is 0.456. The third kappa shape index (κ3) is 6.21. The van der Waals surface area contributed by atoms with Gasteiger partial charge in [0.1, 0.15) is 5.75 Å². The Hall–Kier alpha value is -2.37. The molecule has 1 aliphatic heterocycles. The molecule has 1 aliphatic rings. The number of hydrogen-bond donors (Lipinski definition) is 1. The lowest BCUT2D eigenvalue weighted by Crippen LogP contribution is -2.06. The zero-order valence-electron chi connectivity index (χ0n) is 14.0. The summed E-state index contributed by atoms with van der Waals surface area (Å²) in [5.41, 5.74) is 2.70. The van der Waals surface area contributed by atoms with Crippen molar-refractivity contribution in [2.45, 2.75) is 45.0 Å². The molecule has 1 heterocycles. The van der Waals surface area contributed by atoms with Crippen LogP contribution in [0.4, 0.5) is 13.2 Å². The molecule has 25 heavy (non-hydrogen) atoms. The fraction of sp³-hybridized carbons (Fsp3) is 0.368. The number of alkyl halides is 3. The summed E-state index contributed by atoms with van der Waals surface area (Å²) in [7, 11) is 0. The molecule has 0 fully saturated rings. The van der Waals surface area contributed by atoms with Crippen molar-refractivity contribution in [1.29, 1.82) is 5.41 Å². The molecule has 1 aromatic carbocycles. The molecule has 0 radical (unpaired) electrons. The van der Waals surface area contributed by atoms with E-state index in [-0.39, 0.29) is 12.5 Å². The van der Waals surface area contributed by atoms with Gasteiger partial charge in [0.05, 0.1) is 6.04 Å². The molecule has 0 aromatic heterocycles. The van der Waals surface area contributed by atoms with Crippen LogP contribution in [-0.4, -0.2) is 30.2 Å². The molecule has 0 bridgehead atoms. The lowest BCUT2D eigenvalue weighted by atomic mass is 10.0. The van der Waals surface area contributed by atoms with Gasteiger partial charge in [-0.3, -0.25) is 4.99 Å². The Labute approximate surface area is 145 Å². The van der Waals surface area contributed by atoms with E-state index in [1.54, 1.807) is 36.4 Å². The zero-order valence-corrected chi connectivity index (χ0v) is 14.0. The van der Waals surface area contributed by atoms with Crippen molar-refractivity contribution in [3.63, 3.8) is 0 Å². The van der Waals surface area contributed by atoms with Crippen LogP contribution in [0.2, 0.25) is 0 Å². The van der Waals surface area contributed by atoms with Crippen molar-refractivity contribution in [3.05, 3.63) is 48.6 Å². The van der Waals surface area contributed by atoms with Gasteiger partial charge in [-0.2, -0.15) is 0 Å². The van der Waals surface area contributed by atoms with E-state index >= 15 is 0 Å². The van der Waals surface area contributed by atoms with Crippen molar-refractivity contribution in [2.75, 3.05) is 0 Å². The molecule has 0 aliphatic carbocycles. The highest BCUT2D eigenvalue weighted by molar-refractivity contribution is 6.08. The fourth-order valence-electron chi connectivity index (χ4n) is 2.44. The molecule has 1 aromatic rings. The Bertz CT molecular complexity index is 678. The summed E-state index contributed by atoms with van der Waals surface area (Å²) in [6.07, 6.45) is 0.127. The van der Waals surface area contributed by atoms with Crippen molar-refractivity contribution in [1.82, 2.24) is 0 Å². The van der Waals surface area contributed by atoms with Crippen LogP contribution < -0.4 is 4.74 Å². The number of rotatable bonds is 10. The maximum atomic E-state index is 12.8. The number of allylic oxidation sites excluding steroid dienone is 3. The van der Waals surface area contributed by atoms with E-state index in [2.05, 4.69) is 11.6 Å². The summed E-state index contributed by atoms with van der Waals surface area (Å²) in [4.78, 5) is 4.15. The average molecular weight is 350 g/mol. The second-order valence-corrected chi connectivity index (χ2v) is 5.78. The molecule has 1 N–H and O–H groups in total. The van der Waals surface area contributed by atoms with E-state index < -0.39 is 12.8 Å². The Balaban J connectivity index is 1.91. The average Bonchev–Trinajstić information content (AvgIpc) is 3.29. The smallest absolute Gasteiger partial charge is 0.239 e. The van der Waals surface area contributed by atoms with E-state index in [1.807, 2.05) is 0 Å². The Morgan fingerprint density at radius 2 is 2.00 bits per heavy atom. The van der Waals surface area contributed by atoms with Gasteiger partial charge in [0.15, 0.2) is 0 Å². The van der Waals surface area contributed by atoms with Gasteiger partial charge in [-0.15, -0.1) is 0 Å². The summed E-state index contributed by atoms with van der Waals surface area (Å²) in [6, 6.07) is 6.72. The molecule has 0 saturated carbocycles. The number of nitrogens with zero attached hydrogens (tertiary/aromatic N) is 1. The van der Waals surface area contributed by atoms with E-state index in [0.717, 1.165) is 16.8 Å². The summed E-state index contributed by atoms with van der Waals surface area (Å²) in [6.45, 7) is 5.06. The van der Waals surface area contributed by atoms with Crippen molar-refractivity contribution < 1.29 is 17.9 Å². The van der Waals surface area contributed by atoms with Crippen LogP contribution in [0.25, 0.3) is 5.57 Å². The van der Waals surface area contributed by atoms with Gasteiger partial charge in [0.25, 0.3) is 0 Å². The Kier molecular flexibility index (Phi) is 6.56. The minimum atomic E-state index is -2.32. The van der Waals surface area contributed by atoms with Crippen LogP contribution in [0.3, 0.4) is 0 Å². The molecule has 0 saturated heterocycles. The third-order valence-corrected chi connectivity index (χ3v) is 3.71. The number of nitrogens with one attached hydrogen (secondary N) is 1. The Morgan fingerprint density at radius 1 is 1.32 bits per heavy atom. The van der Waals surface area contributed by atoms with Crippen LogP contribution in [0.5, 0.6) is 5.75 Å². The maximum Gasteiger partial charge on any atom is 0.239 e. The maximum absolute atomic E-state index is 12.8. The zero-order chi connectivity index (χ0) is 18.4. The van der Waals surface area contributed by atoms with Gasteiger partial charge in [0.2, 0.25) is 12.8 Å². The predicted molar refractivity (Wildman–Crippen MR) is 94.6 cm³/mol. The monoisotopic (exact) mass is 350 g/mol. The largest absolute Gasteiger partial charge is 0.461 e. The van der Waals surface area contributed by atoms with Gasteiger partial charge in [0, 0.05) is 31.2 Å². The van der Waals surface area contributed by atoms with Crippen molar-refractivity contribution >= 4 is 17.0 Å². The highest BCUT2D eigenvalue weighted by Gasteiger charge is 2.28. The van der Waals surface area contributed by atoms with Crippen molar-refractivity contribution in [3.8, 4) is 5.75 Å². The summed E-state index contributed by atoms with van der Waals surface area (Å²) >= 11 is 0. The van der Waals surface area contributed by atoms with Gasteiger partial charge < -0.3 is 10.1 Å². The molecular formula is C19H21F3N2O. The molecule has 2 atom stereocenters. The number of benzene rings is 1. The summed E-state index contributed by atoms with van der Waals surface area (Å²) in [5, 5.41) is 8.06. The van der Waals surface area contributed by atoms with Gasteiger partial charge >= 0.3 is 0 Å². The number of ether oxygens (including phenoxy) is 1. The topological polar surface area (TPSA) is 45.4 Å². The SMILES string of the molecule is C=C/C(=C\C(=N)CC1N=C1CCC(F)F)c1ccc(OC(C)F)cc1. The molecule has 2 rings (SSSR count). The molecule has 0 spiro atoms. The lowest BCUT2D eigenvalue weighted by Gasteiger charge is -2.08. The van der Waals surface area contributed by atoms with Crippen LogP contribution >= 0.6 is 0 Å². The first-order valence-corrected chi connectivity index (χ1v) is 8.06. The van der Waals surface area contributed by atoms with Crippen molar-refractivity contribution in [2.24, 2.45) is 4.99 Å². The molecule has 3 nitrogen and oxygen atoms in total. The van der Waals surface area contributed by atoms with Crippen LogP contribution in [0, 0.1) is 5.41 Å². The molecule has 0 amide bonds. The normalized spacial score (nSPS) is 17.9. The number of aliphatic imine (C=N–C) groups is 1. The van der Waals surface area contributed by atoms with Crippen LogP contribution in [0.15, 0.2) is 48.0 Å². The second-order valence-electron chi connectivity index (χ2n) is 5.78. The Morgan fingerprint density at radius 3 is 2.56 bits per heavy atom. The van der Waals surface area contributed by atoms with E-state index in [0.29, 0.717) is 24.3 Å². The van der Waals surface area contributed by atoms with Gasteiger partial charge in [-0.05, 0) is 35.8 Å². The number of hydrogen-bond acceptors (Lipinski definition) is 3. The molecule has 6 heteroatoms. The fourth-order valence-corrected chi connectivity index (χ4v) is 2.44. The minimum absolute atomic E-state index is 0.115. The standard InChI is InChI=1S/C19H21F3N2O/c1-3-13(14-4-6-16(7-5-14)25-12(2)20)10-15(23)11-18-17(24-18)8-9-19(21)22/h3-7,10,12,18-19,23H,1,8-9,11H2,2H3/b13-10+,23-15?. The molecular weight excluding hydrogens is 329 g/mol. The van der Waals surface area contributed by atoms with Crippen LogP contribution in [-0.2, 0) is 0 Å². The first-order chi connectivity index (χ1) is 11.9. The molecule has 2 unspecified atom stereocenters. The minimum Gasteiger partial charge on any atom is -0.461 e. The summed E-state index contributed by atoms with van der Waals surface area (Å²) in [5.74, 6) is 0.423. The first-order valence-electron chi connectivity index (χ1n) is 8.06. The highest BCUT2D eigenvalue weighted by atomic mass is 19.3. The van der Waals surface area contributed by atoms with E-state index in [1.165, 1.54) is 6.92 Å². The van der Waals surface area contributed by atoms with Gasteiger partial charge in [-0.25, -0.2) is 13.2 Å². The number of halogens is 3. The first kappa shape index (κ1) is 19.0. The summed E-state index contributed by atoms with van der Waals surface area (Å²) < 4.78 is 42.1. The highest BCUT2D eigenvalue weighted by Crippen LogP contribution is 2.24. The van der Waals surface area contributed by atoms with E-state index in [9.17, 15) is 13.2 Å². The second kappa shape index (κ2) is 8.65.